The number of hydrogen-bond acceptors (Lipinski definition) is 4. The van der Waals surface area contributed by atoms with Crippen LogP contribution in [0.3, 0.4) is 0 Å². The average molecular weight is 314 g/mol. The second kappa shape index (κ2) is 7.97. The number of aromatic nitrogens is 1. The largest absolute Gasteiger partial charge is 0.493 e. The number of nitrogens with zero attached hydrogens (tertiary/aromatic N) is 1. The predicted molar refractivity (Wildman–Crippen MR) is 92.9 cm³/mol. The van der Waals surface area contributed by atoms with Gasteiger partial charge in [0.2, 0.25) is 0 Å². The Morgan fingerprint density at radius 2 is 1.78 bits per heavy atom. The zero-order chi connectivity index (χ0) is 16.8. The highest BCUT2D eigenvalue weighted by atomic mass is 16.5. The van der Waals surface area contributed by atoms with Crippen LogP contribution in [0.2, 0.25) is 0 Å². The molecular weight excluding hydrogens is 288 g/mol. The van der Waals surface area contributed by atoms with Crippen molar-refractivity contribution in [2.45, 2.75) is 33.4 Å². The molecule has 0 fully saturated rings. The Morgan fingerprint density at radius 1 is 1.09 bits per heavy atom. The summed E-state index contributed by atoms with van der Waals surface area (Å²) < 4.78 is 10.8. The minimum absolute atomic E-state index is 0.212. The lowest BCUT2D eigenvalue weighted by atomic mass is 9.99. The first-order valence-corrected chi connectivity index (χ1v) is 7.92. The molecule has 0 radical (unpaired) electrons. The van der Waals surface area contributed by atoms with Crippen molar-refractivity contribution in [3.05, 3.63) is 53.3 Å². The lowest BCUT2D eigenvalue weighted by Crippen LogP contribution is -2.26. The summed E-state index contributed by atoms with van der Waals surface area (Å²) >= 11 is 0. The summed E-state index contributed by atoms with van der Waals surface area (Å²) in [5, 5.41) is 3.62. The van der Waals surface area contributed by atoms with Crippen LogP contribution in [0.5, 0.6) is 11.5 Å². The second-order valence-electron chi connectivity index (χ2n) is 5.99. The monoisotopic (exact) mass is 314 g/mol. The molecule has 0 unspecified atom stereocenters. The van der Waals surface area contributed by atoms with Gasteiger partial charge in [-0.3, -0.25) is 4.98 Å². The highest BCUT2D eigenvalue weighted by molar-refractivity contribution is 5.47. The predicted octanol–water partition coefficient (Wildman–Crippen LogP) is 3.89. The van der Waals surface area contributed by atoms with Gasteiger partial charge in [-0.2, -0.15) is 0 Å². The summed E-state index contributed by atoms with van der Waals surface area (Å²) in [7, 11) is 3.32. The molecule has 0 amide bonds. The van der Waals surface area contributed by atoms with Gasteiger partial charge in [0.25, 0.3) is 0 Å². The Balaban J connectivity index is 2.18. The molecule has 124 valence electrons. The topological polar surface area (TPSA) is 43.4 Å². The molecule has 0 bridgehead atoms. The third kappa shape index (κ3) is 4.23. The average Bonchev–Trinajstić information content (AvgIpc) is 2.56. The van der Waals surface area contributed by atoms with Gasteiger partial charge in [0.1, 0.15) is 0 Å². The zero-order valence-corrected chi connectivity index (χ0v) is 14.6. The van der Waals surface area contributed by atoms with Crippen LogP contribution >= 0.6 is 0 Å². The number of methoxy groups -OCH3 is 2. The Kier molecular flexibility index (Phi) is 5.99. The molecule has 0 saturated heterocycles. The molecule has 0 aliphatic carbocycles. The fraction of sp³-hybridized carbons (Fsp3) is 0.421. The van der Waals surface area contributed by atoms with Gasteiger partial charge in [0, 0.05) is 12.7 Å². The van der Waals surface area contributed by atoms with Gasteiger partial charge < -0.3 is 14.8 Å². The molecule has 0 aliphatic rings. The van der Waals surface area contributed by atoms with E-state index in [0.717, 1.165) is 23.7 Å². The number of ether oxygens (including phenoxy) is 2. The number of aryl methyl sites for hydroxylation is 1. The number of hydrogen-bond donors (Lipinski definition) is 1. The molecule has 2 aromatic rings. The molecule has 1 aromatic heterocycles. The van der Waals surface area contributed by atoms with E-state index in [4.69, 9.17) is 9.47 Å². The first kappa shape index (κ1) is 17.3. The van der Waals surface area contributed by atoms with Crippen LogP contribution in [-0.4, -0.2) is 19.2 Å². The molecule has 4 heteroatoms. The van der Waals surface area contributed by atoms with Gasteiger partial charge in [0.05, 0.1) is 26.0 Å². The van der Waals surface area contributed by atoms with Crippen molar-refractivity contribution >= 4 is 0 Å². The first-order valence-electron chi connectivity index (χ1n) is 7.92. The van der Waals surface area contributed by atoms with Gasteiger partial charge in [-0.1, -0.05) is 19.9 Å². The Morgan fingerprint density at radius 3 is 2.35 bits per heavy atom. The third-order valence-corrected chi connectivity index (χ3v) is 4.03. The van der Waals surface area contributed by atoms with Crippen molar-refractivity contribution in [1.82, 2.24) is 10.3 Å². The fourth-order valence-corrected chi connectivity index (χ4v) is 2.67. The molecule has 1 N–H and O–H groups in total. The maximum Gasteiger partial charge on any atom is 0.161 e. The van der Waals surface area contributed by atoms with Crippen LogP contribution in [0.4, 0.5) is 0 Å². The van der Waals surface area contributed by atoms with E-state index in [1.54, 1.807) is 14.2 Å². The molecule has 0 saturated carbocycles. The van der Waals surface area contributed by atoms with Crippen molar-refractivity contribution in [3.63, 3.8) is 0 Å². The lowest BCUT2D eigenvalue weighted by Gasteiger charge is -2.23. The van der Waals surface area contributed by atoms with Gasteiger partial charge in [-0.25, -0.2) is 0 Å². The molecule has 0 aliphatic heterocycles. The Hall–Kier alpha value is -2.07. The smallest absolute Gasteiger partial charge is 0.161 e. The van der Waals surface area contributed by atoms with Crippen LogP contribution in [-0.2, 0) is 6.54 Å². The molecule has 1 atom stereocenters. The van der Waals surface area contributed by atoms with E-state index in [1.165, 1.54) is 11.1 Å². The lowest BCUT2D eigenvalue weighted by molar-refractivity contribution is 0.353. The third-order valence-electron chi connectivity index (χ3n) is 4.03. The summed E-state index contributed by atoms with van der Waals surface area (Å²) in [4.78, 5) is 4.49. The first-order chi connectivity index (χ1) is 11.1. The van der Waals surface area contributed by atoms with Gasteiger partial charge in [0.15, 0.2) is 11.5 Å². The summed E-state index contributed by atoms with van der Waals surface area (Å²) in [6.45, 7) is 7.25. The van der Waals surface area contributed by atoms with E-state index in [0.29, 0.717) is 5.92 Å². The minimum Gasteiger partial charge on any atom is -0.493 e. The van der Waals surface area contributed by atoms with Gasteiger partial charge in [-0.05, 0) is 48.2 Å². The van der Waals surface area contributed by atoms with E-state index < -0.39 is 0 Å². The van der Waals surface area contributed by atoms with Crippen LogP contribution in [0.15, 0.2) is 36.5 Å². The fourth-order valence-electron chi connectivity index (χ4n) is 2.67. The van der Waals surface area contributed by atoms with Gasteiger partial charge in [-0.15, -0.1) is 0 Å². The van der Waals surface area contributed by atoms with Crippen molar-refractivity contribution in [1.29, 1.82) is 0 Å². The Bertz CT molecular complexity index is 627. The van der Waals surface area contributed by atoms with Crippen LogP contribution < -0.4 is 14.8 Å². The van der Waals surface area contributed by atoms with Crippen molar-refractivity contribution in [3.8, 4) is 11.5 Å². The maximum absolute atomic E-state index is 5.41. The number of nitrogens with one attached hydrogen (secondary N) is 1. The summed E-state index contributed by atoms with van der Waals surface area (Å²) in [5.74, 6) is 1.97. The summed E-state index contributed by atoms with van der Waals surface area (Å²) in [6.07, 6.45) is 1.84. The van der Waals surface area contributed by atoms with E-state index in [1.807, 2.05) is 30.5 Å². The van der Waals surface area contributed by atoms with Gasteiger partial charge >= 0.3 is 0 Å². The molecule has 1 heterocycles. The highest BCUT2D eigenvalue weighted by Gasteiger charge is 2.17. The molecule has 4 nitrogen and oxygen atoms in total. The second-order valence-corrected chi connectivity index (χ2v) is 5.99. The standard InChI is InChI=1S/C19H26N2O2/c1-13(2)19(16-8-6-7-9-20-16)21-12-15-11-18(23-5)17(22-4)10-14(15)3/h6-11,13,19,21H,12H2,1-5H3/t19-/m1/s1. The number of benzene rings is 1. The highest BCUT2D eigenvalue weighted by Crippen LogP contribution is 2.30. The molecule has 0 spiro atoms. The quantitative estimate of drug-likeness (QED) is 0.842. The normalized spacial score (nSPS) is 12.3. The maximum atomic E-state index is 5.41. The SMILES string of the molecule is COc1cc(C)c(CN[C@@H](c2ccccn2)C(C)C)cc1OC. The van der Waals surface area contributed by atoms with E-state index in [-0.39, 0.29) is 6.04 Å². The molecule has 2 rings (SSSR count). The van der Waals surface area contributed by atoms with Crippen LogP contribution in [0, 0.1) is 12.8 Å². The van der Waals surface area contributed by atoms with Crippen molar-refractivity contribution < 1.29 is 9.47 Å². The minimum atomic E-state index is 0.212. The zero-order valence-electron chi connectivity index (χ0n) is 14.6. The molecule has 1 aromatic carbocycles. The van der Waals surface area contributed by atoms with E-state index in [9.17, 15) is 0 Å². The van der Waals surface area contributed by atoms with E-state index >= 15 is 0 Å². The van der Waals surface area contributed by atoms with Crippen molar-refractivity contribution in [2.24, 2.45) is 5.92 Å². The molecule has 23 heavy (non-hydrogen) atoms. The number of rotatable bonds is 7. The number of pyridine rings is 1. The summed E-state index contributed by atoms with van der Waals surface area (Å²) in [5.41, 5.74) is 3.45. The van der Waals surface area contributed by atoms with E-state index in [2.05, 4.69) is 37.1 Å². The van der Waals surface area contributed by atoms with Crippen LogP contribution in [0.1, 0.15) is 36.7 Å². The summed E-state index contributed by atoms with van der Waals surface area (Å²) in [6, 6.07) is 10.3. The van der Waals surface area contributed by atoms with Crippen molar-refractivity contribution in [2.75, 3.05) is 14.2 Å². The molecular formula is C19H26N2O2. The van der Waals surface area contributed by atoms with Crippen LogP contribution in [0.25, 0.3) is 0 Å². The Labute approximate surface area is 138 Å².